The van der Waals surface area contributed by atoms with Gasteiger partial charge in [-0.15, -0.1) is 24.8 Å². The number of alkyl halides is 4. The van der Waals surface area contributed by atoms with Crippen molar-refractivity contribution in [2.75, 3.05) is 14.1 Å². The van der Waals surface area contributed by atoms with Gasteiger partial charge in [-0.2, -0.15) is 0 Å². The summed E-state index contributed by atoms with van der Waals surface area (Å²) in [4.78, 5) is 12.8. The first-order valence-electron chi connectivity index (χ1n) is 4.91. The minimum atomic E-state index is -4.73. The molecule has 0 aliphatic carbocycles. The third kappa shape index (κ3) is 4.10. The van der Waals surface area contributed by atoms with Gasteiger partial charge in [-0.25, -0.2) is 0 Å². The number of rotatable bonds is 3. The number of halogens is 4. The molecule has 3 nitrogen and oxygen atoms in total. The van der Waals surface area contributed by atoms with Crippen LogP contribution in [0.15, 0.2) is 24.3 Å². The number of hydrogen-bond donors (Lipinski definition) is 0. The second-order valence-corrected chi connectivity index (χ2v) is 4.15. The van der Waals surface area contributed by atoms with E-state index in [9.17, 15) is 18.0 Å². The van der Waals surface area contributed by atoms with E-state index in [4.69, 9.17) is 11.6 Å². The zero-order valence-corrected chi connectivity index (χ0v) is 10.4. The summed E-state index contributed by atoms with van der Waals surface area (Å²) >= 11 is 5.88. The van der Waals surface area contributed by atoms with Gasteiger partial charge in [-0.1, -0.05) is 12.1 Å². The van der Waals surface area contributed by atoms with Crippen LogP contribution in [-0.4, -0.2) is 31.3 Å². The van der Waals surface area contributed by atoms with Gasteiger partial charge >= 0.3 is 6.36 Å². The lowest BCUT2D eigenvalue weighted by atomic mass is 10.1. The number of benzene rings is 1. The molecular weight excluding hydrogens is 271 g/mol. The molecule has 1 aromatic carbocycles. The Hall–Kier alpha value is -1.43. The minimum absolute atomic E-state index is 0.346. The quantitative estimate of drug-likeness (QED) is 0.797. The maximum Gasteiger partial charge on any atom is 0.573 e. The minimum Gasteiger partial charge on any atom is -0.406 e. The Morgan fingerprint density at radius 1 is 1.28 bits per heavy atom. The molecule has 0 radical (unpaired) electrons. The third-order valence-corrected chi connectivity index (χ3v) is 2.50. The molecule has 1 aromatic rings. The highest BCUT2D eigenvalue weighted by molar-refractivity contribution is 6.30. The zero-order chi connectivity index (χ0) is 13.9. The molecule has 100 valence electrons. The van der Waals surface area contributed by atoms with Crippen LogP contribution in [0, 0.1) is 0 Å². The molecule has 0 bridgehead atoms. The molecule has 0 aliphatic rings. The molecule has 0 N–H and O–H groups in total. The average molecular weight is 282 g/mol. The number of carbonyl (C=O) groups excluding carboxylic acids is 1. The Labute approximate surface area is 107 Å². The van der Waals surface area contributed by atoms with E-state index >= 15 is 0 Å². The molecule has 0 heterocycles. The molecule has 0 aliphatic heterocycles. The zero-order valence-electron chi connectivity index (χ0n) is 9.66. The topological polar surface area (TPSA) is 29.5 Å². The molecule has 0 spiro atoms. The lowest BCUT2D eigenvalue weighted by Gasteiger charge is -2.16. The Bertz CT molecular complexity index is 417. The summed E-state index contributed by atoms with van der Waals surface area (Å²) in [6.07, 6.45) is -4.73. The summed E-state index contributed by atoms with van der Waals surface area (Å²) in [6.45, 7) is 0. The molecule has 1 atom stereocenters. The monoisotopic (exact) mass is 281 g/mol. The van der Waals surface area contributed by atoms with E-state index in [-0.39, 0.29) is 11.7 Å². The highest BCUT2D eigenvalue weighted by atomic mass is 35.5. The molecule has 0 saturated heterocycles. The fourth-order valence-corrected chi connectivity index (χ4v) is 1.55. The number of ether oxygens (including phenoxy) is 1. The van der Waals surface area contributed by atoms with E-state index in [0.29, 0.717) is 5.56 Å². The normalized spacial score (nSPS) is 13.0. The van der Waals surface area contributed by atoms with Crippen molar-refractivity contribution in [3.8, 4) is 5.75 Å². The lowest BCUT2D eigenvalue weighted by molar-refractivity contribution is -0.274. The van der Waals surface area contributed by atoms with E-state index in [1.54, 1.807) is 14.1 Å². The average Bonchev–Trinajstić information content (AvgIpc) is 2.26. The molecule has 1 rings (SSSR count). The summed E-state index contributed by atoms with van der Waals surface area (Å²) in [5, 5.41) is -0.931. The first-order valence-corrected chi connectivity index (χ1v) is 5.35. The van der Waals surface area contributed by atoms with Crippen LogP contribution >= 0.6 is 11.6 Å². The predicted octanol–water partition coefficient (Wildman–Crippen LogP) is 2.95. The first kappa shape index (κ1) is 14.6. The van der Waals surface area contributed by atoms with Gasteiger partial charge in [0, 0.05) is 14.1 Å². The van der Waals surface area contributed by atoms with Crippen LogP contribution in [0.3, 0.4) is 0 Å². The summed E-state index contributed by atoms with van der Waals surface area (Å²) in [5.74, 6) is -0.700. The van der Waals surface area contributed by atoms with Crippen LogP contribution in [0.4, 0.5) is 13.2 Å². The molecule has 0 fully saturated rings. The first-order chi connectivity index (χ1) is 8.20. The SMILES string of the molecule is CN(C)C(=O)C(Cl)c1ccc(OC(F)(F)F)cc1. The van der Waals surface area contributed by atoms with E-state index < -0.39 is 11.7 Å². The number of carbonyl (C=O) groups is 1. The van der Waals surface area contributed by atoms with Crippen molar-refractivity contribution in [1.82, 2.24) is 4.90 Å². The van der Waals surface area contributed by atoms with Crippen molar-refractivity contribution < 1.29 is 22.7 Å². The van der Waals surface area contributed by atoms with Crippen LogP contribution in [0.25, 0.3) is 0 Å². The number of likely N-dealkylation sites (N-methyl/N-ethyl adjacent to an activating group) is 1. The Kier molecular flexibility index (Phi) is 4.45. The highest BCUT2D eigenvalue weighted by Crippen LogP contribution is 2.27. The van der Waals surface area contributed by atoms with E-state index in [0.717, 1.165) is 12.1 Å². The van der Waals surface area contributed by atoms with Crippen molar-refractivity contribution in [1.29, 1.82) is 0 Å². The van der Waals surface area contributed by atoms with Crippen molar-refractivity contribution in [2.45, 2.75) is 11.7 Å². The molecular formula is C11H11ClF3NO2. The van der Waals surface area contributed by atoms with Gasteiger partial charge in [0.2, 0.25) is 5.91 Å². The van der Waals surface area contributed by atoms with Gasteiger partial charge < -0.3 is 9.64 Å². The number of nitrogens with zero attached hydrogens (tertiary/aromatic N) is 1. The molecule has 0 aromatic heterocycles. The second kappa shape index (κ2) is 5.48. The fraction of sp³-hybridized carbons (Fsp3) is 0.364. The Morgan fingerprint density at radius 2 is 1.78 bits per heavy atom. The molecule has 7 heteroatoms. The maximum atomic E-state index is 11.9. The maximum absolute atomic E-state index is 11.9. The van der Waals surface area contributed by atoms with Crippen molar-refractivity contribution in [3.05, 3.63) is 29.8 Å². The summed E-state index contributed by atoms with van der Waals surface area (Å²) < 4.78 is 39.5. The third-order valence-electron chi connectivity index (χ3n) is 2.06. The van der Waals surface area contributed by atoms with Crippen LogP contribution in [0.1, 0.15) is 10.9 Å². The van der Waals surface area contributed by atoms with Gasteiger partial charge in [-0.05, 0) is 17.7 Å². The van der Waals surface area contributed by atoms with Gasteiger partial charge in [0.15, 0.2) is 0 Å². The van der Waals surface area contributed by atoms with Crippen molar-refractivity contribution >= 4 is 17.5 Å². The predicted molar refractivity (Wildman–Crippen MR) is 60.4 cm³/mol. The largest absolute Gasteiger partial charge is 0.573 e. The van der Waals surface area contributed by atoms with Crippen LogP contribution in [-0.2, 0) is 4.79 Å². The summed E-state index contributed by atoms with van der Waals surface area (Å²) in [5.41, 5.74) is 0.407. The van der Waals surface area contributed by atoms with Gasteiger partial charge in [0.1, 0.15) is 11.1 Å². The Morgan fingerprint density at radius 3 is 2.17 bits per heavy atom. The van der Waals surface area contributed by atoms with Crippen LogP contribution < -0.4 is 4.74 Å². The lowest BCUT2D eigenvalue weighted by Crippen LogP contribution is -2.25. The number of amides is 1. The van der Waals surface area contributed by atoms with Crippen LogP contribution in [0.2, 0.25) is 0 Å². The molecule has 1 unspecified atom stereocenters. The number of hydrogen-bond acceptors (Lipinski definition) is 2. The van der Waals surface area contributed by atoms with Crippen molar-refractivity contribution in [2.24, 2.45) is 0 Å². The summed E-state index contributed by atoms with van der Waals surface area (Å²) in [7, 11) is 3.08. The Balaban J connectivity index is 2.80. The highest BCUT2D eigenvalue weighted by Gasteiger charge is 2.31. The van der Waals surface area contributed by atoms with E-state index in [1.807, 2.05) is 0 Å². The van der Waals surface area contributed by atoms with Crippen molar-refractivity contribution in [3.63, 3.8) is 0 Å². The van der Waals surface area contributed by atoms with Gasteiger partial charge in [-0.3, -0.25) is 4.79 Å². The van der Waals surface area contributed by atoms with Gasteiger partial charge in [0.25, 0.3) is 0 Å². The molecule has 18 heavy (non-hydrogen) atoms. The summed E-state index contributed by atoms with van der Waals surface area (Å²) in [6, 6.07) is 4.86. The standard InChI is InChI=1S/C11H11ClF3NO2/c1-16(2)10(17)9(12)7-3-5-8(6-4-7)18-11(13,14)15/h3-6,9H,1-2H3. The van der Waals surface area contributed by atoms with Gasteiger partial charge in [0.05, 0.1) is 0 Å². The van der Waals surface area contributed by atoms with Crippen LogP contribution in [0.5, 0.6) is 5.75 Å². The molecule has 0 saturated carbocycles. The smallest absolute Gasteiger partial charge is 0.406 e. The molecule has 1 amide bonds. The van der Waals surface area contributed by atoms with E-state index in [2.05, 4.69) is 4.74 Å². The second-order valence-electron chi connectivity index (χ2n) is 3.71. The fourth-order valence-electron chi connectivity index (χ4n) is 1.21. The van der Waals surface area contributed by atoms with E-state index in [1.165, 1.54) is 17.0 Å².